The van der Waals surface area contributed by atoms with Gasteiger partial charge in [0.05, 0.1) is 11.9 Å². The third-order valence-corrected chi connectivity index (χ3v) is 15.7. The van der Waals surface area contributed by atoms with Crippen molar-refractivity contribution in [1.82, 2.24) is 0 Å². The molecule has 1 spiro atoms. The minimum atomic E-state index is -3.75. The van der Waals surface area contributed by atoms with Crippen molar-refractivity contribution in [2.75, 3.05) is 6.61 Å². The zero-order valence-corrected chi connectivity index (χ0v) is 28.4. The summed E-state index contributed by atoms with van der Waals surface area (Å²) in [7, 11) is -6.38. The lowest BCUT2D eigenvalue weighted by Crippen LogP contribution is -2.36. The second-order valence-corrected chi connectivity index (χ2v) is 17.5. The zero-order chi connectivity index (χ0) is 33.2. The lowest BCUT2D eigenvalue weighted by Gasteiger charge is -2.47. The molecule has 3 aliphatic rings. The number of hydrogen-bond acceptors (Lipinski definition) is 5. The molecule has 3 aliphatic heterocycles. The second kappa shape index (κ2) is 11.6. The lowest BCUT2D eigenvalue weighted by molar-refractivity contribution is 0.125. The van der Waals surface area contributed by atoms with Gasteiger partial charge in [0.25, 0.3) is 0 Å². The molecule has 3 heterocycles. The fourth-order valence-electron chi connectivity index (χ4n) is 7.53. The van der Waals surface area contributed by atoms with E-state index in [9.17, 15) is 0 Å². The third-order valence-electron chi connectivity index (χ3n) is 9.58. The maximum Gasteiger partial charge on any atom is 0.310 e. The van der Waals surface area contributed by atoms with Crippen LogP contribution in [-0.2, 0) is 14.0 Å². The molecule has 240 valence electrons. The van der Waals surface area contributed by atoms with Crippen LogP contribution in [0.1, 0.15) is 22.8 Å². The van der Waals surface area contributed by atoms with Gasteiger partial charge < -0.3 is 18.5 Å². The first-order valence-electron chi connectivity index (χ1n) is 16.2. The Labute approximate surface area is 285 Å². The SMILES string of the molecule is C=CCOC(c1cccc2cccc(C3OC(C=C)=P34Oc3ccccc3-c3ccccc34)c12)P1(=O)Oc2ccccc2-c2ccccc21. The monoisotopic (exact) mass is 678 g/mol. The first-order chi connectivity index (χ1) is 24.1. The lowest BCUT2D eigenvalue weighted by atomic mass is 9.99. The molecule has 0 radical (unpaired) electrons. The minimum Gasteiger partial charge on any atom is -0.467 e. The molecule has 0 aromatic heterocycles. The molecule has 0 amide bonds. The van der Waals surface area contributed by atoms with Gasteiger partial charge in [-0.2, -0.15) is 0 Å². The Morgan fingerprint density at radius 3 is 1.96 bits per heavy atom. The van der Waals surface area contributed by atoms with E-state index in [0.29, 0.717) is 11.1 Å². The van der Waals surface area contributed by atoms with Crippen molar-refractivity contribution in [1.29, 1.82) is 0 Å². The largest absolute Gasteiger partial charge is 0.467 e. The maximum atomic E-state index is 15.7. The molecule has 0 aliphatic carbocycles. The van der Waals surface area contributed by atoms with Gasteiger partial charge in [0.1, 0.15) is 29.9 Å². The van der Waals surface area contributed by atoms with Crippen LogP contribution in [0.2, 0.25) is 0 Å². The highest BCUT2D eigenvalue weighted by Crippen LogP contribution is 2.73. The van der Waals surface area contributed by atoms with Crippen molar-refractivity contribution in [2.24, 2.45) is 0 Å². The summed E-state index contributed by atoms with van der Waals surface area (Å²) in [6, 6.07) is 44.4. The van der Waals surface area contributed by atoms with Gasteiger partial charge in [0.2, 0.25) is 0 Å². The minimum absolute atomic E-state index is 0.179. The van der Waals surface area contributed by atoms with E-state index in [-0.39, 0.29) is 6.61 Å². The van der Waals surface area contributed by atoms with Gasteiger partial charge >= 0.3 is 7.37 Å². The highest BCUT2D eigenvalue weighted by atomic mass is 31.2. The van der Waals surface area contributed by atoms with Crippen molar-refractivity contribution in [3.8, 4) is 33.8 Å². The van der Waals surface area contributed by atoms with E-state index in [0.717, 1.165) is 60.7 Å². The molecular weight excluding hydrogens is 646 g/mol. The van der Waals surface area contributed by atoms with Crippen LogP contribution in [0, 0.1) is 0 Å². The van der Waals surface area contributed by atoms with E-state index < -0.39 is 26.2 Å². The van der Waals surface area contributed by atoms with Gasteiger partial charge in [-0.3, -0.25) is 4.57 Å². The summed E-state index contributed by atoms with van der Waals surface area (Å²) in [5.41, 5.74) is 6.42. The van der Waals surface area contributed by atoms with Crippen LogP contribution in [0.25, 0.3) is 33.0 Å². The van der Waals surface area contributed by atoms with E-state index in [4.69, 9.17) is 18.5 Å². The standard InChI is InChI=1S/C42H32O5P2/c1-3-27-44-41(49(43)38-26-12-8-20-32(38)30-18-6-10-24-36(30)47-49)33-21-13-15-28-16-14-22-34(40(28)33)42-45-39(4-2)48(42)37-25-11-7-19-31(37)29-17-5-9-23-35(29)46-48/h3-26,41-42H,1-2,27H2. The fourth-order valence-corrected chi connectivity index (χ4v) is 13.7. The van der Waals surface area contributed by atoms with E-state index in [2.05, 4.69) is 61.7 Å². The number of ether oxygens (including phenoxy) is 2. The van der Waals surface area contributed by atoms with E-state index in [1.54, 1.807) is 12.2 Å². The van der Waals surface area contributed by atoms with Crippen LogP contribution >= 0.6 is 14.5 Å². The number of fused-ring (bicyclic) bond motifs is 8. The average Bonchev–Trinajstić information content (AvgIpc) is 3.14. The predicted octanol–water partition coefficient (Wildman–Crippen LogP) is 10.4. The molecule has 0 N–H and O–H groups in total. The Hall–Kier alpha value is -4.89. The Bertz CT molecular complexity index is 2440. The molecular formula is C42H32O5P2. The Balaban J connectivity index is 1.28. The summed E-state index contributed by atoms with van der Waals surface area (Å²) in [4.78, 5) is 0. The number of hydrogen-bond donors (Lipinski definition) is 0. The fraction of sp³-hybridized carbons (Fsp3) is 0.0714. The quantitative estimate of drug-likeness (QED) is 0.124. The van der Waals surface area contributed by atoms with Crippen LogP contribution in [0.4, 0.5) is 0 Å². The van der Waals surface area contributed by atoms with Crippen LogP contribution in [-0.4, -0.2) is 12.1 Å². The van der Waals surface area contributed by atoms with Gasteiger partial charge in [-0.25, -0.2) is 0 Å². The predicted molar refractivity (Wildman–Crippen MR) is 201 cm³/mol. The van der Waals surface area contributed by atoms with Crippen molar-refractivity contribution < 1.29 is 23.1 Å². The molecule has 0 bridgehead atoms. The Kier molecular flexibility index (Phi) is 7.16. The smallest absolute Gasteiger partial charge is 0.310 e. The number of benzene rings is 6. The molecule has 49 heavy (non-hydrogen) atoms. The van der Waals surface area contributed by atoms with Crippen molar-refractivity contribution in [2.45, 2.75) is 11.7 Å². The van der Waals surface area contributed by atoms with Gasteiger partial charge in [0.15, 0.2) is 5.85 Å². The van der Waals surface area contributed by atoms with Crippen molar-refractivity contribution in [3.63, 3.8) is 0 Å². The highest BCUT2D eigenvalue weighted by Gasteiger charge is 2.52. The van der Waals surface area contributed by atoms with E-state index in [1.807, 2.05) is 84.9 Å². The molecule has 0 fully saturated rings. The summed E-state index contributed by atoms with van der Waals surface area (Å²) < 4.78 is 42.7. The van der Waals surface area contributed by atoms with E-state index in [1.165, 1.54) is 0 Å². The summed E-state index contributed by atoms with van der Waals surface area (Å²) in [6.07, 6.45) is 3.47. The number of rotatable bonds is 7. The highest BCUT2D eigenvalue weighted by molar-refractivity contribution is 7.81. The topological polar surface area (TPSA) is 54.0 Å². The van der Waals surface area contributed by atoms with Gasteiger partial charge in [0, 0.05) is 22.0 Å². The van der Waals surface area contributed by atoms with Crippen LogP contribution in [0.15, 0.2) is 159 Å². The zero-order valence-electron chi connectivity index (χ0n) is 26.6. The van der Waals surface area contributed by atoms with Gasteiger partial charge in [-0.1, -0.05) is 128 Å². The second-order valence-electron chi connectivity index (χ2n) is 12.2. The average molecular weight is 679 g/mol. The van der Waals surface area contributed by atoms with Crippen LogP contribution < -0.4 is 19.7 Å². The normalized spacial score (nSPS) is 22.0. The van der Waals surface area contributed by atoms with E-state index >= 15 is 4.57 Å². The van der Waals surface area contributed by atoms with Crippen LogP contribution in [0.3, 0.4) is 0 Å². The Morgan fingerprint density at radius 2 is 1.27 bits per heavy atom. The summed E-state index contributed by atoms with van der Waals surface area (Å²) in [6.45, 7) is 8.24. The molecule has 7 heteroatoms. The molecule has 4 unspecified atom stereocenters. The van der Waals surface area contributed by atoms with Crippen LogP contribution in [0.5, 0.6) is 11.5 Å². The molecule has 6 aromatic carbocycles. The first kappa shape index (κ1) is 30.2. The molecule has 9 rings (SSSR count). The summed E-state index contributed by atoms with van der Waals surface area (Å²) in [5, 5.41) is 3.62. The number of para-hydroxylation sites is 2. The molecule has 6 aromatic rings. The van der Waals surface area contributed by atoms with Crippen molar-refractivity contribution >= 4 is 41.3 Å². The molecule has 4 atom stereocenters. The third kappa shape index (κ3) is 4.37. The van der Waals surface area contributed by atoms with Gasteiger partial charge in [-0.15, -0.1) is 6.58 Å². The molecule has 5 nitrogen and oxygen atoms in total. The molecule has 0 saturated carbocycles. The van der Waals surface area contributed by atoms with Gasteiger partial charge in [-0.05, 0) is 51.7 Å². The van der Waals surface area contributed by atoms with Crippen molar-refractivity contribution in [3.05, 3.63) is 170 Å². The maximum absolute atomic E-state index is 15.7. The molecule has 0 saturated heterocycles. The summed E-state index contributed by atoms with van der Waals surface area (Å²) in [5.74, 6) is 0.00847. The summed E-state index contributed by atoms with van der Waals surface area (Å²) >= 11 is 0. The Morgan fingerprint density at radius 1 is 0.673 bits per heavy atom. The first-order valence-corrected chi connectivity index (χ1v) is 19.7.